The summed E-state index contributed by atoms with van der Waals surface area (Å²) in [5.41, 5.74) is 0.755. The molecule has 0 bridgehead atoms. The molecule has 12 heteroatoms. The van der Waals surface area contributed by atoms with Crippen LogP contribution in [0.25, 0.3) is 0 Å². The lowest BCUT2D eigenvalue weighted by Crippen LogP contribution is -2.38. The normalized spacial score (nSPS) is 12.0. The number of sulfonamides is 2. The summed E-state index contributed by atoms with van der Waals surface area (Å²) in [5.74, 6) is -0.642. The van der Waals surface area contributed by atoms with Gasteiger partial charge in [0.1, 0.15) is 6.54 Å². The summed E-state index contributed by atoms with van der Waals surface area (Å²) in [5, 5.41) is 4.34. The maximum atomic E-state index is 13.2. The third-order valence-corrected chi connectivity index (χ3v) is 9.10. The summed E-state index contributed by atoms with van der Waals surface area (Å²) >= 11 is 1.08. The van der Waals surface area contributed by atoms with E-state index in [0.717, 1.165) is 19.9 Å². The second-order valence-electron chi connectivity index (χ2n) is 6.96. The van der Waals surface area contributed by atoms with Crippen LogP contribution in [0.15, 0.2) is 69.9 Å². The molecule has 3 rings (SSSR count). The van der Waals surface area contributed by atoms with Gasteiger partial charge in [0.15, 0.2) is 5.13 Å². The van der Waals surface area contributed by atoms with E-state index in [1.54, 1.807) is 42.6 Å². The topological polar surface area (TPSA) is 117 Å². The lowest BCUT2D eigenvalue weighted by molar-refractivity contribution is -0.114. The number of benzene rings is 2. The van der Waals surface area contributed by atoms with Crippen molar-refractivity contribution in [3.8, 4) is 0 Å². The molecule has 1 heterocycles. The fraction of sp³-hybridized carbons (Fsp3) is 0.200. The van der Waals surface area contributed by atoms with Crippen LogP contribution in [0.4, 0.5) is 10.8 Å². The van der Waals surface area contributed by atoms with Gasteiger partial charge in [-0.2, -0.15) is 0 Å². The van der Waals surface area contributed by atoms with Gasteiger partial charge in [0.05, 0.1) is 9.79 Å². The summed E-state index contributed by atoms with van der Waals surface area (Å²) in [6.45, 7) is 1.12. The molecule has 170 valence electrons. The monoisotopic (exact) mass is 494 g/mol. The number of rotatable bonds is 8. The Balaban J connectivity index is 1.89. The first-order chi connectivity index (χ1) is 15.0. The fourth-order valence-electron chi connectivity index (χ4n) is 2.80. The Kier molecular flexibility index (Phi) is 6.98. The van der Waals surface area contributed by atoms with Crippen LogP contribution in [0.1, 0.15) is 5.56 Å². The third-order valence-electron chi connectivity index (χ3n) is 4.48. The summed E-state index contributed by atoms with van der Waals surface area (Å²) in [6.07, 6.45) is 1.45. The zero-order valence-corrected chi connectivity index (χ0v) is 20.0. The average molecular weight is 495 g/mol. The zero-order valence-electron chi connectivity index (χ0n) is 17.6. The van der Waals surface area contributed by atoms with Gasteiger partial charge in [0, 0.05) is 31.4 Å². The minimum absolute atomic E-state index is 0.0256. The molecule has 1 amide bonds. The molecule has 2 aromatic carbocycles. The van der Waals surface area contributed by atoms with Crippen LogP contribution in [0.2, 0.25) is 0 Å². The van der Waals surface area contributed by atoms with Crippen molar-refractivity contribution in [2.75, 3.05) is 30.3 Å². The van der Waals surface area contributed by atoms with Crippen molar-refractivity contribution in [2.24, 2.45) is 0 Å². The quantitative estimate of drug-likeness (QED) is 0.514. The first-order valence-corrected chi connectivity index (χ1v) is 13.1. The lowest BCUT2D eigenvalue weighted by atomic mass is 10.2. The fourth-order valence-corrected chi connectivity index (χ4v) is 6.21. The molecule has 0 saturated heterocycles. The van der Waals surface area contributed by atoms with Gasteiger partial charge in [0.2, 0.25) is 15.9 Å². The molecule has 0 unspecified atom stereocenters. The van der Waals surface area contributed by atoms with Gasteiger partial charge in [-0.25, -0.2) is 30.4 Å². The minimum Gasteiger partial charge on any atom is -0.324 e. The van der Waals surface area contributed by atoms with Gasteiger partial charge in [-0.3, -0.25) is 4.79 Å². The molecule has 0 aliphatic rings. The largest absolute Gasteiger partial charge is 0.324 e. The number of carbonyl (C=O) groups is 1. The van der Waals surface area contributed by atoms with Crippen molar-refractivity contribution in [3.05, 3.63) is 65.7 Å². The predicted octanol–water partition coefficient (Wildman–Crippen LogP) is 2.54. The summed E-state index contributed by atoms with van der Waals surface area (Å²) in [4.78, 5) is 16.9. The number of thiazole rings is 1. The number of nitrogens with zero attached hydrogens (tertiary/aromatic N) is 3. The first kappa shape index (κ1) is 23.9. The Morgan fingerprint density at radius 3 is 2.31 bits per heavy atom. The molecule has 3 aromatic rings. The number of hydrogen-bond donors (Lipinski definition) is 1. The molecule has 32 heavy (non-hydrogen) atoms. The standard InChI is InChI=1S/C20H22N4O5S3/c1-15-9-10-16(13-18(15)32(28,29)23(2)3)22-19(25)14-24(20-21-11-12-30-20)31(26,27)17-7-5-4-6-8-17/h4-13H,14H2,1-3H3,(H,22,25). The van der Waals surface area contributed by atoms with Gasteiger partial charge < -0.3 is 5.32 Å². The zero-order chi connectivity index (χ0) is 23.5. The Morgan fingerprint density at radius 2 is 1.72 bits per heavy atom. The van der Waals surface area contributed by atoms with Crippen LogP contribution < -0.4 is 9.62 Å². The van der Waals surface area contributed by atoms with Crippen molar-refractivity contribution in [1.82, 2.24) is 9.29 Å². The maximum Gasteiger partial charge on any atom is 0.266 e. The molecular weight excluding hydrogens is 472 g/mol. The number of amides is 1. The smallest absolute Gasteiger partial charge is 0.266 e. The van der Waals surface area contributed by atoms with Gasteiger partial charge in [-0.05, 0) is 36.8 Å². The van der Waals surface area contributed by atoms with Crippen molar-refractivity contribution in [2.45, 2.75) is 16.7 Å². The van der Waals surface area contributed by atoms with E-state index in [2.05, 4.69) is 10.3 Å². The summed E-state index contributed by atoms with van der Waals surface area (Å²) in [7, 11) is -4.93. The van der Waals surface area contributed by atoms with Crippen LogP contribution in [-0.2, 0) is 24.8 Å². The van der Waals surface area contributed by atoms with Gasteiger partial charge in [-0.1, -0.05) is 24.3 Å². The van der Waals surface area contributed by atoms with E-state index in [0.29, 0.717) is 5.56 Å². The number of anilines is 2. The lowest BCUT2D eigenvalue weighted by Gasteiger charge is -2.21. The summed E-state index contributed by atoms with van der Waals surface area (Å²) < 4.78 is 53.4. The Labute approximate surface area is 191 Å². The molecule has 0 radical (unpaired) electrons. The van der Waals surface area contributed by atoms with E-state index in [-0.39, 0.29) is 20.6 Å². The predicted molar refractivity (Wildman–Crippen MR) is 124 cm³/mol. The van der Waals surface area contributed by atoms with Crippen LogP contribution in [-0.4, -0.2) is 52.7 Å². The highest BCUT2D eigenvalue weighted by Crippen LogP contribution is 2.26. The number of hydrogen-bond acceptors (Lipinski definition) is 7. The SMILES string of the molecule is Cc1ccc(NC(=O)CN(c2nccs2)S(=O)(=O)c2ccccc2)cc1S(=O)(=O)N(C)C. The number of nitrogens with one attached hydrogen (secondary N) is 1. The minimum atomic E-state index is -4.04. The molecule has 1 aromatic heterocycles. The van der Waals surface area contributed by atoms with Crippen LogP contribution >= 0.6 is 11.3 Å². The number of aromatic nitrogens is 1. The van der Waals surface area contributed by atoms with E-state index < -0.39 is 32.5 Å². The van der Waals surface area contributed by atoms with Crippen molar-refractivity contribution >= 4 is 48.1 Å². The van der Waals surface area contributed by atoms with Gasteiger partial charge >= 0.3 is 0 Å². The van der Waals surface area contributed by atoms with E-state index >= 15 is 0 Å². The first-order valence-electron chi connectivity index (χ1n) is 9.34. The van der Waals surface area contributed by atoms with E-state index in [1.165, 1.54) is 38.5 Å². The van der Waals surface area contributed by atoms with Crippen LogP contribution in [0.5, 0.6) is 0 Å². The van der Waals surface area contributed by atoms with Crippen LogP contribution in [0, 0.1) is 6.92 Å². The highest BCUT2D eigenvalue weighted by atomic mass is 32.2. The highest BCUT2D eigenvalue weighted by molar-refractivity contribution is 7.93. The van der Waals surface area contributed by atoms with Gasteiger partial charge in [0.25, 0.3) is 10.0 Å². The summed E-state index contributed by atoms with van der Waals surface area (Å²) in [6, 6.07) is 12.2. The average Bonchev–Trinajstić information content (AvgIpc) is 3.28. The van der Waals surface area contributed by atoms with Gasteiger partial charge in [-0.15, -0.1) is 11.3 Å². The molecular formula is C20H22N4O5S3. The van der Waals surface area contributed by atoms with Crippen LogP contribution in [0.3, 0.4) is 0 Å². The molecule has 0 aliphatic carbocycles. The highest BCUT2D eigenvalue weighted by Gasteiger charge is 2.29. The Morgan fingerprint density at radius 1 is 1.03 bits per heavy atom. The van der Waals surface area contributed by atoms with E-state index in [4.69, 9.17) is 0 Å². The molecule has 0 atom stereocenters. The number of aryl methyl sites for hydroxylation is 1. The maximum absolute atomic E-state index is 13.2. The molecule has 1 N–H and O–H groups in total. The second kappa shape index (κ2) is 9.36. The molecule has 0 fully saturated rings. The second-order valence-corrected chi connectivity index (χ2v) is 11.8. The Hall–Kier alpha value is -2.80. The third kappa shape index (κ3) is 4.99. The molecule has 0 spiro atoms. The van der Waals surface area contributed by atoms with Crippen molar-refractivity contribution in [3.63, 3.8) is 0 Å². The van der Waals surface area contributed by atoms with E-state index in [9.17, 15) is 21.6 Å². The Bertz CT molecular complexity index is 1310. The molecule has 9 nitrogen and oxygen atoms in total. The van der Waals surface area contributed by atoms with E-state index in [1.807, 2.05) is 0 Å². The van der Waals surface area contributed by atoms with Crippen molar-refractivity contribution < 1.29 is 21.6 Å². The van der Waals surface area contributed by atoms with Crippen molar-refractivity contribution in [1.29, 1.82) is 0 Å². The molecule has 0 saturated carbocycles. The molecule has 0 aliphatic heterocycles. The number of carbonyl (C=O) groups excluding carboxylic acids is 1.